The van der Waals surface area contributed by atoms with E-state index in [0.717, 1.165) is 34.1 Å². The summed E-state index contributed by atoms with van der Waals surface area (Å²) in [5, 5.41) is 0. The van der Waals surface area contributed by atoms with Gasteiger partial charge >= 0.3 is 34.0 Å². The molecule has 2 aromatic carbocycles. The minimum Gasteiger partial charge on any atom is -0.493 e. The lowest BCUT2D eigenvalue weighted by atomic mass is 9.97. The fourth-order valence-electron chi connectivity index (χ4n) is 4.88. The van der Waals surface area contributed by atoms with Crippen LogP contribution in [0.3, 0.4) is 0 Å². The lowest BCUT2D eigenvalue weighted by Gasteiger charge is -2.43. The van der Waals surface area contributed by atoms with E-state index in [2.05, 4.69) is 0 Å². The summed E-state index contributed by atoms with van der Waals surface area (Å²) in [6.45, 7) is 3.08. The van der Waals surface area contributed by atoms with Gasteiger partial charge in [0.2, 0.25) is 23.9 Å². The van der Waals surface area contributed by atoms with Gasteiger partial charge in [0.25, 0.3) is 0 Å². The van der Waals surface area contributed by atoms with E-state index in [9.17, 15) is 27.6 Å². The molecule has 1 aliphatic heterocycles. The van der Waals surface area contributed by atoms with Crippen molar-refractivity contribution in [3.05, 3.63) is 35.4 Å². The van der Waals surface area contributed by atoms with Crippen molar-refractivity contribution in [2.75, 3.05) is 41.8 Å². The highest BCUT2D eigenvalue weighted by molar-refractivity contribution is 7.86. The summed E-state index contributed by atoms with van der Waals surface area (Å²) < 4.78 is 85.0. The normalized spacial score (nSPS) is 20.2. The number of hydrogen-bond acceptors (Lipinski definition) is 17. The number of hydrogen-bond donors (Lipinski definition) is 0. The maximum atomic E-state index is 12.9. The number of esters is 4. The van der Waals surface area contributed by atoms with Gasteiger partial charge in [0, 0.05) is 26.3 Å². The minimum absolute atomic E-state index is 0.0977. The number of rotatable bonds is 14. The molecule has 5 atom stereocenters. The van der Waals surface area contributed by atoms with E-state index >= 15 is 0 Å². The van der Waals surface area contributed by atoms with Crippen LogP contribution in [0.2, 0.25) is 0 Å². The Labute approximate surface area is 288 Å². The van der Waals surface area contributed by atoms with Gasteiger partial charge in [-0.05, 0) is 29.8 Å². The van der Waals surface area contributed by atoms with E-state index < -0.39 is 76.2 Å². The summed E-state index contributed by atoms with van der Waals surface area (Å²) in [6, 6.07) is 6.14. The molecule has 0 N–H and O–H groups in total. The summed E-state index contributed by atoms with van der Waals surface area (Å²) in [4.78, 5) is 49.4. The van der Waals surface area contributed by atoms with Crippen LogP contribution in [0.1, 0.15) is 31.9 Å². The predicted molar refractivity (Wildman–Crippen MR) is 171 cm³/mol. The van der Waals surface area contributed by atoms with Gasteiger partial charge in [-0.15, -0.1) is 0 Å². The van der Waals surface area contributed by atoms with Crippen LogP contribution in [-0.4, -0.2) is 105 Å². The summed E-state index contributed by atoms with van der Waals surface area (Å²) >= 11 is 0. The van der Waals surface area contributed by atoms with Gasteiger partial charge in [-0.25, -0.2) is 4.79 Å². The third kappa shape index (κ3) is 9.69. The fourth-order valence-corrected chi connectivity index (χ4v) is 5.35. The third-order valence-corrected chi connectivity index (χ3v) is 7.24. The van der Waals surface area contributed by atoms with Crippen molar-refractivity contribution in [1.82, 2.24) is 0 Å². The Kier molecular flexibility index (Phi) is 13.3. The van der Waals surface area contributed by atoms with Crippen molar-refractivity contribution in [2.45, 2.75) is 51.5 Å². The molecule has 0 radical (unpaired) electrons. The van der Waals surface area contributed by atoms with Gasteiger partial charge in [0.15, 0.2) is 41.3 Å². The molecular weight excluding hydrogens is 688 g/mol. The SMILES string of the molecule is COC(=O)[C@H]1O[C@@H](Oc2c(OC)ccc(/C=C\c3cc(OC)c(OC)c(OC)c3)c2OS(C)(=O)=O)[C@H](OC(C)=O)[C@@H](OC(C)=O)[C@@H]1OC(C)=O. The average Bonchev–Trinajstić information content (AvgIpc) is 3.04. The topological polar surface area (TPSA) is 204 Å². The Morgan fingerprint density at radius 3 is 1.70 bits per heavy atom. The number of benzene rings is 2. The zero-order chi connectivity index (χ0) is 37.3. The first kappa shape index (κ1) is 39.2. The van der Waals surface area contributed by atoms with E-state index in [1.165, 1.54) is 46.6 Å². The molecule has 1 heterocycles. The Hall–Kier alpha value is -5.23. The van der Waals surface area contributed by atoms with Crippen molar-refractivity contribution in [1.29, 1.82) is 0 Å². The Morgan fingerprint density at radius 1 is 0.680 bits per heavy atom. The lowest BCUT2D eigenvalue weighted by molar-refractivity contribution is -0.282. The van der Waals surface area contributed by atoms with Crippen molar-refractivity contribution < 1.29 is 79.1 Å². The van der Waals surface area contributed by atoms with Gasteiger partial charge in [-0.2, -0.15) is 8.42 Å². The first-order valence-corrected chi connectivity index (χ1v) is 16.4. The number of carbonyl (C=O) groups is 4. The van der Waals surface area contributed by atoms with Gasteiger partial charge in [0.1, 0.15) is 0 Å². The first-order chi connectivity index (χ1) is 23.6. The minimum atomic E-state index is -4.26. The van der Waals surface area contributed by atoms with Crippen molar-refractivity contribution in [2.24, 2.45) is 0 Å². The molecule has 17 nitrogen and oxygen atoms in total. The maximum absolute atomic E-state index is 12.9. The molecule has 50 heavy (non-hydrogen) atoms. The van der Waals surface area contributed by atoms with Gasteiger partial charge in [0.05, 0.1) is 41.8 Å². The van der Waals surface area contributed by atoms with Crippen molar-refractivity contribution >= 4 is 46.1 Å². The van der Waals surface area contributed by atoms with E-state index in [-0.39, 0.29) is 11.3 Å². The van der Waals surface area contributed by atoms with Gasteiger partial charge in [-0.1, -0.05) is 12.2 Å². The molecule has 1 fully saturated rings. The zero-order valence-electron chi connectivity index (χ0n) is 28.7. The molecule has 1 aliphatic rings. The molecule has 2 aromatic rings. The van der Waals surface area contributed by atoms with Crippen LogP contribution in [0.5, 0.6) is 34.5 Å². The molecule has 0 saturated carbocycles. The molecule has 1 saturated heterocycles. The molecule has 0 bridgehead atoms. The zero-order valence-corrected chi connectivity index (χ0v) is 29.5. The second-order valence-electron chi connectivity index (χ2n) is 10.4. The summed E-state index contributed by atoms with van der Waals surface area (Å²) in [5.41, 5.74) is 0.661. The highest BCUT2D eigenvalue weighted by Gasteiger charge is 2.56. The quantitative estimate of drug-likeness (QED) is 0.119. The van der Waals surface area contributed by atoms with E-state index in [1.54, 1.807) is 18.2 Å². The van der Waals surface area contributed by atoms with E-state index in [0.29, 0.717) is 22.8 Å². The van der Waals surface area contributed by atoms with Gasteiger partial charge < -0.3 is 51.6 Å². The highest BCUT2D eigenvalue weighted by Crippen LogP contribution is 2.45. The summed E-state index contributed by atoms with van der Waals surface area (Å²) in [6.07, 6.45) is -4.87. The molecule has 0 aliphatic carbocycles. The monoisotopic (exact) mass is 726 g/mol. The largest absolute Gasteiger partial charge is 0.493 e. The lowest BCUT2D eigenvalue weighted by Crippen LogP contribution is -2.64. The van der Waals surface area contributed by atoms with Crippen LogP contribution >= 0.6 is 0 Å². The van der Waals surface area contributed by atoms with Crippen LogP contribution in [0.15, 0.2) is 24.3 Å². The van der Waals surface area contributed by atoms with Crippen LogP contribution in [0.4, 0.5) is 0 Å². The second kappa shape index (κ2) is 16.9. The highest BCUT2D eigenvalue weighted by atomic mass is 32.2. The number of ether oxygens (including phenoxy) is 10. The van der Waals surface area contributed by atoms with Gasteiger partial charge in [-0.3, -0.25) is 14.4 Å². The fraction of sp³-hybridized carbons (Fsp3) is 0.438. The third-order valence-electron chi connectivity index (χ3n) is 6.77. The molecule has 3 rings (SSSR count). The maximum Gasteiger partial charge on any atom is 0.339 e. The standard InChI is InChI=1S/C32H38O17S/c1-16(33)44-27-28(45-17(2)34)30(46-18(3)35)32(48-29(27)31(36)43-8)47-26-21(39-4)13-12-20(24(26)49-50(9,37)38)11-10-19-14-22(40-5)25(42-7)23(15-19)41-6/h10-15,27-30,32H,1-9H3/b11-10-/t27-,28-,29-,30+,32+/m0/s1. The Bertz CT molecular complexity index is 1690. The molecular formula is C32H38O17S. The second-order valence-corrected chi connectivity index (χ2v) is 12.0. The Balaban J connectivity index is 2.25. The molecule has 274 valence electrons. The van der Waals surface area contributed by atoms with Crippen LogP contribution in [0.25, 0.3) is 12.2 Å². The molecule has 18 heteroatoms. The van der Waals surface area contributed by atoms with Crippen LogP contribution < -0.4 is 27.9 Å². The number of carbonyl (C=O) groups excluding carboxylic acids is 4. The summed E-state index contributed by atoms with van der Waals surface area (Å²) in [5.74, 6) is -3.68. The van der Waals surface area contributed by atoms with Crippen molar-refractivity contribution in [3.8, 4) is 34.5 Å². The van der Waals surface area contributed by atoms with Crippen LogP contribution in [0, 0.1) is 0 Å². The smallest absolute Gasteiger partial charge is 0.339 e. The van der Waals surface area contributed by atoms with Crippen molar-refractivity contribution in [3.63, 3.8) is 0 Å². The average molecular weight is 727 g/mol. The molecule has 0 amide bonds. The molecule has 0 aromatic heterocycles. The molecule has 0 unspecified atom stereocenters. The van der Waals surface area contributed by atoms with E-state index in [4.69, 9.17) is 51.6 Å². The molecule has 0 spiro atoms. The Morgan fingerprint density at radius 2 is 1.22 bits per heavy atom. The van der Waals surface area contributed by atoms with Crippen LogP contribution in [-0.2, 0) is 53.0 Å². The first-order valence-electron chi connectivity index (χ1n) is 14.6. The predicted octanol–water partition coefficient (Wildman–Crippen LogP) is 2.30. The summed E-state index contributed by atoms with van der Waals surface area (Å²) in [7, 11) is 2.34. The van der Waals surface area contributed by atoms with E-state index in [1.807, 2.05) is 0 Å². The number of methoxy groups -OCH3 is 5.